The number of hydrogen-bond donors (Lipinski definition) is 1. The molecule has 2 rings (SSSR count). The lowest BCUT2D eigenvalue weighted by Gasteiger charge is -2.41. The molecule has 0 unspecified atom stereocenters. The number of allylic oxidation sites excluding steroid dienone is 1. The Labute approximate surface area is 78.3 Å². The van der Waals surface area contributed by atoms with Crippen LogP contribution in [-0.4, -0.2) is 30.7 Å². The zero-order valence-corrected chi connectivity index (χ0v) is 7.79. The second-order valence-corrected chi connectivity index (χ2v) is 3.70. The zero-order valence-electron chi connectivity index (χ0n) is 7.79. The molecule has 2 aliphatic rings. The molecule has 1 fully saturated rings. The number of aliphatic hydroxyl groups excluding tert-OH is 1. The molecule has 0 bridgehead atoms. The molecule has 1 aliphatic heterocycles. The Morgan fingerprint density at radius 2 is 2.46 bits per heavy atom. The van der Waals surface area contributed by atoms with E-state index in [1.807, 2.05) is 0 Å². The van der Waals surface area contributed by atoms with Crippen LogP contribution >= 0.6 is 0 Å². The van der Waals surface area contributed by atoms with Crippen LogP contribution in [0.15, 0.2) is 11.6 Å². The maximum atomic E-state index is 9.00. The van der Waals surface area contributed by atoms with E-state index in [1.165, 1.54) is 5.57 Å². The minimum absolute atomic E-state index is 0.189. The van der Waals surface area contributed by atoms with E-state index in [0.717, 1.165) is 19.3 Å². The summed E-state index contributed by atoms with van der Waals surface area (Å²) in [5.41, 5.74) is 1.05. The van der Waals surface area contributed by atoms with Gasteiger partial charge in [-0.1, -0.05) is 6.08 Å². The first-order valence-electron chi connectivity index (χ1n) is 4.89. The topological polar surface area (TPSA) is 38.7 Å². The molecule has 0 radical (unpaired) electrons. The smallest absolute Gasteiger partial charge is 0.148 e. The Balaban J connectivity index is 2.18. The monoisotopic (exact) mass is 184 g/mol. The Kier molecular flexibility index (Phi) is 2.67. The minimum atomic E-state index is -0.189. The maximum absolute atomic E-state index is 9.00. The van der Waals surface area contributed by atoms with Crippen LogP contribution in [0, 0.1) is 0 Å². The van der Waals surface area contributed by atoms with Crippen molar-refractivity contribution in [1.82, 2.24) is 0 Å². The Morgan fingerprint density at radius 3 is 3.31 bits per heavy atom. The van der Waals surface area contributed by atoms with Crippen molar-refractivity contribution in [2.75, 3.05) is 20.0 Å². The fourth-order valence-electron chi connectivity index (χ4n) is 2.21. The first-order chi connectivity index (χ1) is 6.37. The van der Waals surface area contributed by atoms with Gasteiger partial charge in [0, 0.05) is 13.0 Å². The van der Waals surface area contributed by atoms with Gasteiger partial charge < -0.3 is 14.6 Å². The highest BCUT2D eigenvalue weighted by atomic mass is 16.7. The molecular formula is C10H16O3. The highest BCUT2D eigenvalue weighted by molar-refractivity contribution is 5.21. The van der Waals surface area contributed by atoms with Crippen LogP contribution in [-0.2, 0) is 9.47 Å². The van der Waals surface area contributed by atoms with E-state index in [0.29, 0.717) is 19.8 Å². The van der Waals surface area contributed by atoms with Crippen molar-refractivity contribution in [2.45, 2.75) is 31.3 Å². The fraction of sp³-hybridized carbons (Fsp3) is 0.800. The van der Waals surface area contributed by atoms with Gasteiger partial charge in [0.2, 0.25) is 0 Å². The maximum Gasteiger partial charge on any atom is 0.148 e. The summed E-state index contributed by atoms with van der Waals surface area (Å²) in [6.45, 7) is 1.24. The molecule has 1 saturated heterocycles. The van der Waals surface area contributed by atoms with Crippen molar-refractivity contribution < 1.29 is 14.6 Å². The van der Waals surface area contributed by atoms with E-state index in [2.05, 4.69) is 6.08 Å². The van der Waals surface area contributed by atoms with Gasteiger partial charge in [-0.15, -0.1) is 0 Å². The molecule has 13 heavy (non-hydrogen) atoms. The average molecular weight is 184 g/mol. The molecule has 3 heteroatoms. The minimum Gasteiger partial charge on any atom is -0.396 e. The largest absolute Gasteiger partial charge is 0.396 e. The van der Waals surface area contributed by atoms with E-state index in [4.69, 9.17) is 14.6 Å². The van der Waals surface area contributed by atoms with Crippen molar-refractivity contribution in [3.63, 3.8) is 0 Å². The first-order valence-corrected chi connectivity index (χ1v) is 4.89. The van der Waals surface area contributed by atoms with Crippen LogP contribution in [0.4, 0.5) is 0 Å². The molecule has 0 aromatic rings. The van der Waals surface area contributed by atoms with E-state index in [-0.39, 0.29) is 12.2 Å². The Morgan fingerprint density at radius 1 is 1.54 bits per heavy atom. The van der Waals surface area contributed by atoms with Crippen molar-refractivity contribution in [3.8, 4) is 0 Å². The normalized spacial score (nSPS) is 33.8. The van der Waals surface area contributed by atoms with Crippen LogP contribution < -0.4 is 0 Å². The summed E-state index contributed by atoms with van der Waals surface area (Å²) >= 11 is 0. The molecule has 0 saturated carbocycles. The van der Waals surface area contributed by atoms with Crippen LogP contribution in [0.2, 0.25) is 0 Å². The molecule has 1 atom stereocenters. The lowest BCUT2D eigenvalue weighted by molar-refractivity contribution is -0.170. The van der Waals surface area contributed by atoms with Gasteiger partial charge >= 0.3 is 0 Å². The predicted molar refractivity (Wildman–Crippen MR) is 48.3 cm³/mol. The van der Waals surface area contributed by atoms with Gasteiger partial charge in [-0.2, -0.15) is 0 Å². The van der Waals surface area contributed by atoms with Gasteiger partial charge in [0.05, 0.1) is 12.2 Å². The van der Waals surface area contributed by atoms with Gasteiger partial charge in [-0.3, -0.25) is 0 Å². The van der Waals surface area contributed by atoms with Gasteiger partial charge in [0.25, 0.3) is 0 Å². The molecular weight excluding hydrogens is 168 g/mol. The number of fused-ring (bicyclic) bond motifs is 1. The molecule has 0 aromatic heterocycles. The van der Waals surface area contributed by atoms with Crippen molar-refractivity contribution >= 4 is 0 Å². The second kappa shape index (κ2) is 3.78. The quantitative estimate of drug-likeness (QED) is 0.656. The van der Waals surface area contributed by atoms with Crippen LogP contribution in [0.1, 0.15) is 25.7 Å². The lowest BCUT2D eigenvalue weighted by atomic mass is 9.80. The summed E-state index contributed by atoms with van der Waals surface area (Å²) < 4.78 is 10.9. The molecule has 1 heterocycles. The Bertz CT molecular complexity index is 208. The van der Waals surface area contributed by atoms with Crippen LogP contribution in [0.25, 0.3) is 0 Å². The fourth-order valence-corrected chi connectivity index (χ4v) is 2.21. The molecule has 1 aliphatic carbocycles. The van der Waals surface area contributed by atoms with Gasteiger partial charge in [0.1, 0.15) is 6.79 Å². The molecule has 3 nitrogen and oxygen atoms in total. The van der Waals surface area contributed by atoms with Crippen molar-refractivity contribution in [2.24, 2.45) is 0 Å². The van der Waals surface area contributed by atoms with Crippen molar-refractivity contribution in [1.29, 1.82) is 0 Å². The third-order valence-corrected chi connectivity index (χ3v) is 2.95. The third kappa shape index (κ3) is 1.64. The lowest BCUT2D eigenvalue weighted by Crippen LogP contribution is -2.43. The van der Waals surface area contributed by atoms with E-state index < -0.39 is 0 Å². The molecule has 1 N–H and O–H groups in total. The summed E-state index contributed by atoms with van der Waals surface area (Å²) in [6.07, 6.45) is 6.22. The Hall–Kier alpha value is -0.380. The summed E-state index contributed by atoms with van der Waals surface area (Å²) in [4.78, 5) is 0. The number of rotatable bonds is 2. The number of aliphatic hydroxyl groups is 1. The summed E-state index contributed by atoms with van der Waals surface area (Å²) in [6, 6.07) is 0. The van der Waals surface area contributed by atoms with Crippen LogP contribution in [0.3, 0.4) is 0 Å². The van der Waals surface area contributed by atoms with Crippen molar-refractivity contribution in [3.05, 3.63) is 11.6 Å². The highest BCUT2D eigenvalue weighted by Crippen LogP contribution is 2.37. The molecule has 74 valence electrons. The number of hydrogen-bond acceptors (Lipinski definition) is 3. The zero-order chi connectivity index (χ0) is 9.15. The number of ether oxygens (including phenoxy) is 2. The van der Waals surface area contributed by atoms with E-state index in [1.54, 1.807) is 0 Å². The molecule has 0 spiro atoms. The third-order valence-electron chi connectivity index (χ3n) is 2.95. The van der Waals surface area contributed by atoms with E-state index in [9.17, 15) is 0 Å². The van der Waals surface area contributed by atoms with Gasteiger partial charge in [-0.05, 0) is 24.8 Å². The SMILES string of the molecule is OCC[C@]12CCCC=C1COCO2. The average Bonchev–Trinajstić information content (AvgIpc) is 2.18. The second-order valence-electron chi connectivity index (χ2n) is 3.70. The van der Waals surface area contributed by atoms with Gasteiger partial charge in [0.15, 0.2) is 0 Å². The predicted octanol–water partition coefficient (Wildman–Crippen LogP) is 1.22. The standard InChI is InChI=1S/C10H16O3/c11-6-5-10-4-2-1-3-9(10)7-12-8-13-10/h3,11H,1-2,4-8H2/t10-/m1/s1. The van der Waals surface area contributed by atoms with Crippen LogP contribution in [0.5, 0.6) is 0 Å². The first kappa shape index (κ1) is 9.19. The van der Waals surface area contributed by atoms with Gasteiger partial charge in [-0.25, -0.2) is 0 Å². The molecule has 0 amide bonds. The highest BCUT2D eigenvalue weighted by Gasteiger charge is 2.38. The summed E-state index contributed by atoms with van der Waals surface area (Å²) in [5.74, 6) is 0. The summed E-state index contributed by atoms with van der Waals surface area (Å²) in [5, 5.41) is 9.00. The van der Waals surface area contributed by atoms with E-state index >= 15 is 0 Å². The summed E-state index contributed by atoms with van der Waals surface area (Å²) in [7, 11) is 0. The molecule has 0 aromatic carbocycles.